The van der Waals surface area contributed by atoms with E-state index in [9.17, 15) is 0 Å². The third-order valence-corrected chi connectivity index (χ3v) is 26.5. The van der Waals surface area contributed by atoms with Crippen LogP contribution in [0.3, 0.4) is 0 Å². The van der Waals surface area contributed by atoms with E-state index in [1.165, 1.54) is 82.8 Å². The van der Waals surface area contributed by atoms with Crippen molar-refractivity contribution >= 4 is 44.4 Å². The Kier molecular flexibility index (Phi) is 15.9. The molecule has 0 spiro atoms. The molecule has 1 rings (SSSR count). The van der Waals surface area contributed by atoms with Gasteiger partial charge in [0.15, 0.2) is 0 Å². The maximum absolute atomic E-state index is 2.59. The molecular formula is C24H46S2Sn. The van der Waals surface area contributed by atoms with Gasteiger partial charge in [0.1, 0.15) is 0 Å². The standard InChI is InChI=1S/C12H19S2.3C4H9.Sn/c1-2-3-4-5-6-7-10-13-12-9-8-11-14-12;3*1-3-4-2;/h8-9H,2-7,10H2,1H3;3*1,3-4H2,2H3;. The van der Waals surface area contributed by atoms with Gasteiger partial charge in [0.25, 0.3) is 0 Å². The number of unbranched alkanes of at least 4 members (excludes halogenated alkanes) is 8. The van der Waals surface area contributed by atoms with Crippen molar-refractivity contribution in [3.05, 3.63) is 12.1 Å². The summed E-state index contributed by atoms with van der Waals surface area (Å²) in [5.41, 5.74) is 0. The van der Waals surface area contributed by atoms with Gasteiger partial charge in [-0.3, -0.25) is 0 Å². The summed E-state index contributed by atoms with van der Waals surface area (Å²) in [6.07, 6.45) is 17.0. The summed E-state index contributed by atoms with van der Waals surface area (Å²) >= 11 is 2.19. The second kappa shape index (κ2) is 16.6. The van der Waals surface area contributed by atoms with Gasteiger partial charge in [0.05, 0.1) is 0 Å². The van der Waals surface area contributed by atoms with Crippen molar-refractivity contribution in [3.8, 4) is 0 Å². The molecule has 0 radical (unpaired) electrons. The monoisotopic (exact) mass is 518 g/mol. The third kappa shape index (κ3) is 10.4. The summed E-state index contributed by atoms with van der Waals surface area (Å²) in [5.74, 6) is 1.33. The van der Waals surface area contributed by atoms with Crippen molar-refractivity contribution in [1.29, 1.82) is 0 Å². The van der Waals surface area contributed by atoms with Crippen LogP contribution >= 0.6 is 23.1 Å². The number of hydrogen-bond acceptors (Lipinski definition) is 2. The first-order valence-corrected chi connectivity index (χ1v) is 21.2. The molecule has 1 aromatic heterocycles. The van der Waals surface area contributed by atoms with Crippen LogP contribution in [-0.2, 0) is 0 Å². The van der Waals surface area contributed by atoms with E-state index in [1.54, 1.807) is 17.5 Å². The van der Waals surface area contributed by atoms with Crippen molar-refractivity contribution < 1.29 is 0 Å². The van der Waals surface area contributed by atoms with Crippen molar-refractivity contribution in [3.63, 3.8) is 0 Å². The first-order valence-electron chi connectivity index (χ1n) is 12.0. The average Bonchev–Trinajstić information content (AvgIpc) is 3.16. The van der Waals surface area contributed by atoms with Gasteiger partial charge in [-0.15, -0.1) is 0 Å². The predicted octanol–water partition coefficient (Wildman–Crippen LogP) is 9.26. The van der Waals surface area contributed by atoms with Gasteiger partial charge < -0.3 is 0 Å². The second-order valence-electron chi connectivity index (χ2n) is 8.33. The normalized spacial score (nSPS) is 12.0. The molecule has 0 aliphatic carbocycles. The first kappa shape index (κ1) is 25.9. The zero-order chi connectivity index (χ0) is 19.8. The van der Waals surface area contributed by atoms with Crippen LogP contribution in [0.4, 0.5) is 0 Å². The minimum absolute atomic E-state index is 1.33. The Morgan fingerprint density at radius 3 is 1.74 bits per heavy atom. The Morgan fingerprint density at radius 2 is 1.19 bits per heavy atom. The van der Waals surface area contributed by atoms with Crippen molar-refractivity contribution in [2.75, 3.05) is 5.75 Å². The molecule has 0 nitrogen and oxygen atoms in total. The molecule has 0 N–H and O–H groups in total. The fourth-order valence-electron chi connectivity index (χ4n) is 4.03. The van der Waals surface area contributed by atoms with Gasteiger partial charge in [-0.2, -0.15) is 0 Å². The molecule has 3 heteroatoms. The Labute approximate surface area is 183 Å². The Morgan fingerprint density at radius 1 is 0.667 bits per heavy atom. The van der Waals surface area contributed by atoms with Crippen molar-refractivity contribution in [2.24, 2.45) is 0 Å². The predicted molar refractivity (Wildman–Crippen MR) is 133 cm³/mol. The summed E-state index contributed by atoms with van der Waals surface area (Å²) in [4.78, 5) is 0. The molecule has 1 heterocycles. The summed E-state index contributed by atoms with van der Waals surface area (Å²) < 4.78 is 8.34. The van der Waals surface area contributed by atoms with Crippen LogP contribution in [0.25, 0.3) is 0 Å². The van der Waals surface area contributed by atoms with E-state index < -0.39 is 18.4 Å². The van der Waals surface area contributed by atoms with Crippen LogP contribution in [0.15, 0.2) is 16.3 Å². The molecule has 0 atom stereocenters. The van der Waals surface area contributed by atoms with E-state index in [-0.39, 0.29) is 0 Å². The van der Waals surface area contributed by atoms with Crippen LogP contribution in [0.1, 0.15) is 105 Å². The molecule has 0 bridgehead atoms. The topological polar surface area (TPSA) is 0 Å². The number of thioether (sulfide) groups is 1. The Balaban J connectivity index is 2.64. The molecule has 0 saturated carbocycles. The van der Waals surface area contributed by atoms with Crippen LogP contribution in [0.2, 0.25) is 13.3 Å². The molecule has 158 valence electrons. The summed E-state index contributed by atoms with van der Waals surface area (Å²) in [6.45, 7) is 9.45. The van der Waals surface area contributed by atoms with Crippen LogP contribution < -0.4 is 2.89 Å². The van der Waals surface area contributed by atoms with Gasteiger partial charge in [0, 0.05) is 0 Å². The second-order valence-corrected chi connectivity index (χ2v) is 25.0. The van der Waals surface area contributed by atoms with Crippen molar-refractivity contribution in [1.82, 2.24) is 0 Å². The molecule has 1 aromatic rings. The van der Waals surface area contributed by atoms with Gasteiger partial charge in [-0.05, 0) is 0 Å². The van der Waals surface area contributed by atoms with Gasteiger partial charge in [-0.25, -0.2) is 0 Å². The SMILES string of the molecule is CCCCCCCCSc1cc[c]([Sn]([CH2]CCC)([CH2]CCC)[CH2]CCC)s1. The molecule has 0 saturated heterocycles. The molecular weight excluding hydrogens is 471 g/mol. The van der Waals surface area contributed by atoms with E-state index in [4.69, 9.17) is 0 Å². The van der Waals surface area contributed by atoms with Crippen LogP contribution in [0, 0.1) is 0 Å². The van der Waals surface area contributed by atoms with Crippen molar-refractivity contribution in [2.45, 2.75) is 122 Å². The molecule has 0 aliphatic rings. The number of hydrogen-bond donors (Lipinski definition) is 0. The maximum atomic E-state index is 2.59. The fourth-order valence-corrected chi connectivity index (χ4v) is 26.0. The Hall–Kier alpha value is 0.849. The minimum atomic E-state index is -2.17. The molecule has 0 unspecified atom stereocenters. The van der Waals surface area contributed by atoms with E-state index >= 15 is 0 Å². The van der Waals surface area contributed by atoms with E-state index in [1.807, 2.05) is 2.89 Å². The molecule has 0 amide bonds. The Bertz CT molecular complexity index is 433. The fraction of sp³-hybridized carbons (Fsp3) is 0.833. The van der Waals surface area contributed by atoms with Gasteiger partial charge in [0.2, 0.25) is 0 Å². The summed E-state index contributed by atoms with van der Waals surface area (Å²) in [7, 11) is 0. The first-order chi connectivity index (χ1) is 13.2. The van der Waals surface area contributed by atoms with E-state index in [2.05, 4.69) is 62.9 Å². The summed E-state index contributed by atoms with van der Waals surface area (Å²) in [6, 6.07) is 5.07. The molecule has 27 heavy (non-hydrogen) atoms. The molecule has 0 aliphatic heterocycles. The van der Waals surface area contributed by atoms with Gasteiger partial charge in [-0.1, -0.05) is 0 Å². The average molecular weight is 517 g/mol. The summed E-state index contributed by atoms with van der Waals surface area (Å²) in [5, 5.41) is 0. The van der Waals surface area contributed by atoms with Crippen LogP contribution in [-0.4, -0.2) is 24.1 Å². The number of rotatable bonds is 18. The van der Waals surface area contributed by atoms with Gasteiger partial charge >= 0.3 is 185 Å². The molecule has 0 aromatic carbocycles. The zero-order valence-corrected chi connectivity index (χ0v) is 23.3. The third-order valence-electron chi connectivity index (χ3n) is 5.87. The number of thiophene rings is 1. The quantitative estimate of drug-likeness (QED) is 0.106. The molecule has 0 fully saturated rings. The van der Waals surface area contributed by atoms with Crippen LogP contribution in [0.5, 0.6) is 0 Å². The zero-order valence-electron chi connectivity index (χ0n) is 18.8. The van der Waals surface area contributed by atoms with E-state index in [0.29, 0.717) is 0 Å². The van der Waals surface area contributed by atoms with E-state index in [0.717, 1.165) is 0 Å².